The van der Waals surface area contributed by atoms with Crippen LogP contribution in [-0.2, 0) is 14.6 Å². The standard InChI is InChI=1S/C14H18FNO3S2/c1-3-19-8-14(13(16)20)11(12(14)21(2,17)18)9-5-4-6-10(15)7-9/h4-7,11-12H,3,8H2,1-2H3,(H2,16,20)/t11-,12-,14+/m0/s1. The molecule has 0 aromatic heterocycles. The van der Waals surface area contributed by atoms with Gasteiger partial charge in [0.1, 0.15) is 5.82 Å². The van der Waals surface area contributed by atoms with Gasteiger partial charge in [0.2, 0.25) is 0 Å². The van der Waals surface area contributed by atoms with Gasteiger partial charge in [-0.2, -0.15) is 0 Å². The van der Waals surface area contributed by atoms with Crippen molar-refractivity contribution in [2.24, 2.45) is 11.1 Å². The summed E-state index contributed by atoms with van der Waals surface area (Å²) in [5.74, 6) is -0.882. The Morgan fingerprint density at radius 2 is 2.19 bits per heavy atom. The van der Waals surface area contributed by atoms with E-state index in [1.54, 1.807) is 12.1 Å². The van der Waals surface area contributed by atoms with E-state index in [2.05, 4.69) is 0 Å². The Bertz CT molecular complexity index is 662. The van der Waals surface area contributed by atoms with Crippen molar-refractivity contribution in [3.05, 3.63) is 35.6 Å². The van der Waals surface area contributed by atoms with Gasteiger partial charge in [-0.1, -0.05) is 24.4 Å². The van der Waals surface area contributed by atoms with Crippen LogP contribution < -0.4 is 5.73 Å². The molecule has 1 saturated carbocycles. The van der Waals surface area contributed by atoms with E-state index in [4.69, 9.17) is 22.7 Å². The number of rotatable bonds is 6. The lowest BCUT2D eigenvalue weighted by atomic mass is 10.00. The molecule has 1 aliphatic rings. The van der Waals surface area contributed by atoms with E-state index < -0.39 is 32.2 Å². The van der Waals surface area contributed by atoms with Crippen molar-refractivity contribution >= 4 is 27.0 Å². The van der Waals surface area contributed by atoms with Gasteiger partial charge in [-0.3, -0.25) is 0 Å². The lowest BCUT2D eigenvalue weighted by Crippen LogP contribution is -2.33. The van der Waals surface area contributed by atoms with Crippen molar-refractivity contribution in [2.75, 3.05) is 19.5 Å². The van der Waals surface area contributed by atoms with Crippen LogP contribution >= 0.6 is 12.2 Å². The molecule has 1 aromatic carbocycles. The molecule has 1 aromatic rings. The highest BCUT2D eigenvalue weighted by Gasteiger charge is 2.72. The van der Waals surface area contributed by atoms with Crippen molar-refractivity contribution in [3.8, 4) is 0 Å². The van der Waals surface area contributed by atoms with Crippen molar-refractivity contribution in [1.82, 2.24) is 0 Å². The zero-order valence-corrected chi connectivity index (χ0v) is 13.5. The highest BCUT2D eigenvalue weighted by atomic mass is 32.2. The Kier molecular flexibility index (Phi) is 4.37. The maximum absolute atomic E-state index is 13.4. The average Bonchev–Trinajstić information content (AvgIpc) is 3.07. The Labute approximate surface area is 129 Å². The average molecular weight is 331 g/mol. The van der Waals surface area contributed by atoms with Crippen LogP contribution in [0.15, 0.2) is 24.3 Å². The van der Waals surface area contributed by atoms with Crippen LogP contribution in [0, 0.1) is 11.2 Å². The van der Waals surface area contributed by atoms with Gasteiger partial charge in [0.05, 0.1) is 22.3 Å². The predicted octanol–water partition coefficient (Wildman–Crippen LogP) is 1.65. The lowest BCUT2D eigenvalue weighted by Gasteiger charge is -2.16. The second kappa shape index (κ2) is 5.62. The van der Waals surface area contributed by atoms with E-state index in [1.165, 1.54) is 12.1 Å². The first-order chi connectivity index (χ1) is 9.75. The Balaban J connectivity index is 2.49. The molecule has 3 atom stereocenters. The van der Waals surface area contributed by atoms with Gasteiger partial charge >= 0.3 is 0 Å². The van der Waals surface area contributed by atoms with E-state index in [9.17, 15) is 12.8 Å². The smallest absolute Gasteiger partial charge is 0.152 e. The summed E-state index contributed by atoms with van der Waals surface area (Å²) in [7, 11) is -3.39. The SMILES string of the molecule is CCOC[C@@]1(C(N)=S)[C@@H](c2cccc(F)c2)[C@@H]1S(C)(=O)=O. The molecule has 0 saturated heterocycles. The van der Waals surface area contributed by atoms with Gasteiger partial charge in [0.15, 0.2) is 9.84 Å². The fourth-order valence-electron chi connectivity index (χ4n) is 3.01. The third kappa shape index (κ3) is 2.82. The minimum Gasteiger partial charge on any atom is -0.393 e. The number of benzene rings is 1. The van der Waals surface area contributed by atoms with E-state index in [1.807, 2.05) is 6.92 Å². The van der Waals surface area contributed by atoms with Gasteiger partial charge in [-0.25, -0.2) is 12.8 Å². The largest absolute Gasteiger partial charge is 0.393 e. The normalized spacial score (nSPS) is 28.3. The van der Waals surface area contributed by atoms with Crippen LogP contribution in [-0.4, -0.2) is 38.1 Å². The molecule has 1 aliphatic carbocycles. The maximum Gasteiger partial charge on any atom is 0.152 e. The fourth-order valence-corrected chi connectivity index (χ4v) is 5.32. The third-order valence-corrected chi connectivity index (χ3v) is 5.92. The molecule has 21 heavy (non-hydrogen) atoms. The van der Waals surface area contributed by atoms with Crippen LogP contribution in [0.2, 0.25) is 0 Å². The number of sulfone groups is 1. The summed E-state index contributed by atoms with van der Waals surface area (Å²) in [5, 5.41) is -0.768. The molecule has 0 heterocycles. The topological polar surface area (TPSA) is 69.4 Å². The summed E-state index contributed by atoms with van der Waals surface area (Å²) >= 11 is 5.10. The Morgan fingerprint density at radius 1 is 1.52 bits per heavy atom. The highest BCUT2D eigenvalue weighted by Crippen LogP contribution is 2.63. The van der Waals surface area contributed by atoms with Gasteiger partial charge in [-0.15, -0.1) is 0 Å². The molecule has 0 bridgehead atoms. The van der Waals surface area contributed by atoms with E-state index in [0.29, 0.717) is 12.2 Å². The van der Waals surface area contributed by atoms with Crippen molar-refractivity contribution in [2.45, 2.75) is 18.1 Å². The van der Waals surface area contributed by atoms with E-state index >= 15 is 0 Å². The first-order valence-corrected chi connectivity index (χ1v) is 8.93. The first kappa shape index (κ1) is 16.3. The minimum absolute atomic E-state index is 0.0978. The second-order valence-corrected chi connectivity index (χ2v) is 7.93. The van der Waals surface area contributed by atoms with Crippen LogP contribution in [0.5, 0.6) is 0 Å². The molecule has 0 amide bonds. The quantitative estimate of drug-likeness (QED) is 0.803. The summed E-state index contributed by atoms with van der Waals surface area (Å²) < 4.78 is 43.0. The molecule has 2 N–H and O–H groups in total. The van der Waals surface area contributed by atoms with Crippen molar-refractivity contribution in [3.63, 3.8) is 0 Å². The van der Waals surface area contributed by atoms with Crippen LogP contribution in [0.4, 0.5) is 4.39 Å². The molecule has 0 radical (unpaired) electrons. The minimum atomic E-state index is -3.39. The van der Waals surface area contributed by atoms with Gasteiger partial charge in [-0.05, 0) is 24.6 Å². The predicted molar refractivity (Wildman–Crippen MR) is 83.5 cm³/mol. The molecule has 0 unspecified atom stereocenters. The molecule has 2 rings (SSSR count). The van der Waals surface area contributed by atoms with Crippen molar-refractivity contribution in [1.29, 1.82) is 0 Å². The number of halogens is 1. The Morgan fingerprint density at radius 3 is 2.67 bits per heavy atom. The van der Waals surface area contributed by atoms with E-state index in [0.717, 1.165) is 6.26 Å². The molecular weight excluding hydrogens is 313 g/mol. The van der Waals surface area contributed by atoms with Gasteiger partial charge in [0.25, 0.3) is 0 Å². The zero-order valence-electron chi connectivity index (χ0n) is 11.9. The molecule has 116 valence electrons. The molecule has 1 fully saturated rings. The molecule has 0 aliphatic heterocycles. The van der Waals surface area contributed by atoms with Crippen LogP contribution in [0.3, 0.4) is 0 Å². The first-order valence-electron chi connectivity index (χ1n) is 6.57. The fraction of sp³-hybridized carbons (Fsp3) is 0.500. The maximum atomic E-state index is 13.4. The molecule has 7 heteroatoms. The molecule has 4 nitrogen and oxygen atoms in total. The second-order valence-electron chi connectivity index (χ2n) is 5.32. The Hall–Kier alpha value is -1.05. The summed E-state index contributed by atoms with van der Waals surface area (Å²) in [4.78, 5) is 0.0978. The summed E-state index contributed by atoms with van der Waals surface area (Å²) in [5.41, 5.74) is 5.45. The highest BCUT2D eigenvalue weighted by molar-refractivity contribution is 7.92. The number of hydrogen-bond acceptors (Lipinski definition) is 4. The lowest BCUT2D eigenvalue weighted by molar-refractivity contribution is 0.121. The molecule has 0 spiro atoms. The number of nitrogens with two attached hydrogens (primary N) is 1. The number of thiocarbonyl (C=S) groups is 1. The van der Waals surface area contributed by atoms with Gasteiger partial charge in [0, 0.05) is 18.8 Å². The van der Waals surface area contributed by atoms with Crippen molar-refractivity contribution < 1.29 is 17.5 Å². The van der Waals surface area contributed by atoms with E-state index in [-0.39, 0.29) is 11.6 Å². The third-order valence-electron chi connectivity index (χ3n) is 3.93. The number of hydrogen-bond donors (Lipinski definition) is 1. The zero-order chi connectivity index (χ0) is 15.8. The summed E-state index contributed by atoms with van der Waals surface area (Å²) in [6, 6.07) is 5.88. The molecular formula is C14H18FNO3S2. The summed E-state index contributed by atoms with van der Waals surface area (Å²) in [6.45, 7) is 2.36. The summed E-state index contributed by atoms with van der Waals surface area (Å²) in [6.07, 6.45) is 1.15. The number of ether oxygens (including phenoxy) is 1. The van der Waals surface area contributed by atoms with Crippen LogP contribution in [0.25, 0.3) is 0 Å². The monoisotopic (exact) mass is 331 g/mol. The van der Waals surface area contributed by atoms with Crippen LogP contribution in [0.1, 0.15) is 18.4 Å². The van der Waals surface area contributed by atoms with Gasteiger partial charge < -0.3 is 10.5 Å².